The normalized spacial score (nSPS) is 7.92. The first-order chi connectivity index (χ1) is 6.15. The fourth-order valence-electron chi connectivity index (χ4n) is 0.545. The molecule has 0 rings (SSSR count). The van der Waals surface area contributed by atoms with Crippen LogP contribution < -0.4 is 5.32 Å². The van der Waals surface area contributed by atoms with Crippen molar-refractivity contribution >= 4 is 17.7 Å². The highest BCUT2D eigenvalue weighted by Gasteiger charge is 2.05. The van der Waals surface area contributed by atoms with Crippen LogP contribution >= 0.6 is 11.8 Å². The van der Waals surface area contributed by atoms with E-state index >= 15 is 0 Å². The molecule has 0 atom stereocenters. The van der Waals surface area contributed by atoms with Crippen LogP contribution in [0.4, 0.5) is 0 Å². The molecular weight excluding hydrogens is 190 g/mol. The molecule has 0 saturated carbocycles. The van der Waals surface area contributed by atoms with E-state index in [1.807, 2.05) is 0 Å². The summed E-state index contributed by atoms with van der Waals surface area (Å²) in [6.45, 7) is -0.303. The molecule has 0 aliphatic carbocycles. The van der Waals surface area contributed by atoms with E-state index in [4.69, 9.17) is 15.6 Å². The van der Waals surface area contributed by atoms with Crippen molar-refractivity contribution in [3.8, 4) is 12.1 Å². The van der Waals surface area contributed by atoms with Crippen LogP contribution in [-0.4, -0.2) is 23.9 Å². The summed E-state index contributed by atoms with van der Waals surface area (Å²) in [6.07, 6.45) is 1.65. The fraction of sp³-hybridized carbons (Fsp3) is 0.286. The van der Waals surface area contributed by atoms with E-state index < -0.39 is 5.97 Å². The van der Waals surface area contributed by atoms with Crippen molar-refractivity contribution in [3.05, 3.63) is 10.6 Å². The minimum Gasteiger partial charge on any atom is -0.480 e. The van der Waals surface area contributed by atoms with Crippen molar-refractivity contribution in [3.63, 3.8) is 0 Å². The molecule has 0 spiro atoms. The van der Waals surface area contributed by atoms with Gasteiger partial charge in [-0.3, -0.25) is 4.79 Å². The maximum Gasteiger partial charge on any atom is 0.322 e. The van der Waals surface area contributed by atoms with Crippen molar-refractivity contribution in [2.45, 2.75) is 0 Å². The summed E-state index contributed by atoms with van der Waals surface area (Å²) in [6, 6.07) is 3.34. The fourth-order valence-corrected chi connectivity index (χ4v) is 1.06. The highest BCUT2D eigenvalue weighted by atomic mass is 32.2. The molecular formula is C7H7N3O2S. The van der Waals surface area contributed by atoms with Crippen molar-refractivity contribution in [2.24, 2.45) is 0 Å². The van der Waals surface area contributed by atoms with Crippen molar-refractivity contribution in [1.29, 1.82) is 10.5 Å². The third-order valence-electron chi connectivity index (χ3n) is 1.05. The molecule has 5 nitrogen and oxygen atoms in total. The minimum atomic E-state index is -1.04. The highest BCUT2D eigenvalue weighted by molar-refractivity contribution is 8.02. The Morgan fingerprint density at radius 1 is 1.54 bits per heavy atom. The average Bonchev–Trinajstić information content (AvgIpc) is 2.11. The van der Waals surface area contributed by atoms with Gasteiger partial charge in [0.2, 0.25) is 0 Å². The smallest absolute Gasteiger partial charge is 0.322 e. The number of nitrogens with zero attached hydrogens (tertiary/aromatic N) is 2. The first-order valence-electron chi connectivity index (χ1n) is 3.19. The molecule has 0 bridgehead atoms. The standard InChI is InChI=1S/C7H7N3O2S/c1-13-7(5(2-8)3-9)10-4-6(11)12/h10H,4H2,1H3,(H,11,12). The largest absolute Gasteiger partial charge is 0.480 e. The molecule has 13 heavy (non-hydrogen) atoms. The maximum atomic E-state index is 10.2. The molecule has 0 amide bonds. The number of thioether (sulfide) groups is 1. The third kappa shape index (κ3) is 4.04. The summed E-state index contributed by atoms with van der Waals surface area (Å²) in [7, 11) is 0. The SMILES string of the molecule is CSC(NCC(=O)O)=C(C#N)C#N. The average molecular weight is 197 g/mol. The van der Waals surface area contributed by atoms with Crippen LogP contribution in [0.5, 0.6) is 0 Å². The molecule has 0 unspecified atom stereocenters. The number of hydrogen-bond acceptors (Lipinski definition) is 5. The quantitative estimate of drug-likeness (QED) is 0.628. The lowest BCUT2D eigenvalue weighted by atomic mass is 10.3. The van der Waals surface area contributed by atoms with Gasteiger partial charge < -0.3 is 10.4 Å². The van der Waals surface area contributed by atoms with Crippen LogP contribution in [-0.2, 0) is 4.79 Å². The second-order valence-corrected chi connectivity index (χ2v) is 2.70. The molecule has 0 aromatic rings. The molecule has 0 aromatic heterocycles. The number of aliphatic carboxylic acids is 1. The summed E-state index contributed by atoms with van der Waals surface area (Å²) in [5.74, 6) is -1.04. The van der Waals surface area contributed by atoms with Gasteiger partial charge in [-0.05, 0) is 6.26 Å². The summed E-state index contributed by atoms with van der Waals surface area (Å²) in [5.41, 5.74) is -0.103. The second kappa shape index (κ2) is 5.92. The van der Waals surface area contributed by atoms with Crippen LogP contribution in [0.1, 0.15) is 0 Å². The van der Waals surface area contributed by atoms with Gasteiger partial charge >= 0.3 is 5.97 Å². The molecule has 2 N–H and O–H groups in total. The lowest BCUT2D eigenvalue weighted by Gasteiger charge is -2.04. The van der Waals surface area contributed by atoms with Crippen molar-refractivity contribution < 1.29 is 9.90 Å². The van der Waals surface area contributed by atoms with Gasteiger partial charge in [0, 0.05) is 0 Å². The van der Waals surface area contributed by atoms with Gasteiger partial charge in [-0.15, -0.1) is 11.8 Å². The molecule has 6 heteroatoms. The zero-order valence-electron chi connectivity index (χ0n) is 6.87. The Hall–Kier alpha value is -1.66. The topological polar surface area (TPSA) is 96.9 Å². The van der Waals surface area contributed by atoms with Gasteiger partial charge in [-0.2, -0.15) is 10.5 Å². The number of hydrogen-bond donors (Lipinski definition) is 2. The Balaban J connectivity index is 4.52. The van der Waals surface area contributed by atoms with Gasteiger partial charge in [-0.25, -0.2) is 0 Å². The number of carboxylic acid groups (broad SMARTS) is 1. The van der Waals surface area contributed by atoms with Crippen molar-refractivity contribution in [1.82, 2.24) is 5.32 Å². The lowest BCUT2D eigenvalue weighted by molar-refractivity contribution is -0.135. The maximum absolute atomic E-state index is 10.2. The summed E-state index contributed by atoms with van der Waals surface area (Å²) >= 11 is 1.13. The Bertz CT molecular complexity index is 295. The number of carbonyl (C=O) groups is 1. The zero-order valence-corrected chi connectivity index (χ0v) is 7.68. The van der Waals surface area contributed by atoms with Gasteiger partial charge in [-0.1, -0.05) is 0 Å². The highest BCUT2D eigenvalue weighted by Crippen LogP contribution is 2.11. The van der Waals surface area contributed by atoms with Gasteiger partial charge in [0.1, 0.15) is 18.7 Å². The predicted molar refractivity (Wildman–Crippen MR) is 47.4 cm³/mol. The Kier molecular flexibility index (Phi) is 5.17. The molecule has 0 saturated heterocycles. The van der Waals surface area contributed by atoms with E-state index in [0.29, 0.717) is 0 Å². The number of nitrogens with one attached hydrogen (secondary N) is 1. The molecule has 0 aliphatic rings. The van der Waals surface area contributed by atoms with E-state index in [1.165, 1.54) is 0 Å². The van der Waals surface area contributed by atoms with E-state index in [1.54, 1.807) is 18.4 Å². The first kappa shape index (κ1) is 11.3. The predicted octanol–water partition coefficient (Wildman–Crippen LogP) is 0.282. The van der Waals surface area contributed by atoms with Gasteiger partial charge in [0.05, 0.1) is 5.03 Å². The molecule has 0 aromatic carbocycles. The molecule has 0 aliphatic heterocycles. The Labute approximate surface area is 79.7 Å². The number of nitriles is 2. The van der Waals surface area contributed by atoms with Gasteiger partial charge in [0.15, 0.2) is 5.57 Å². The number of rotatable bonds is 4. The van der Waals surface area contributed by atoms with Gasteiger partial charge in [0.25, 0.3) is 0 Å². The Morgan fingerprint density at radius 3 is 2.38 bits per heavy atom. The molecule has 0 heterocycles. The van der Waals surface area contributed by atoms with Crippen LogP contribution in [0.2, 0.25) is 0 Å². The molecule has 68 valence electrons. The summed E-state index contributed by atoms with van der Waals surface area (Å²) < 4.78 is 0. The van der Waals surface area contributed by atoms with E-state index in [2.05, 4.69) is 5.32 Å². The van der Waals surface area contributed by atoms with Crippen LogP contribution in [0.3, 0.4) is 0 Å². The Morgan fingerprint density at radius 2 is 2.08 bits per heavy atom. The first-order valence-corrected chi connectivity index (χ1v) is 4.42. The van der Waals surface area contributed by atoms with Crippen LogP contribution in [0.25, 0.3) is 0 Å². The summed E-state index contributed by atoms with van der Waals surface area (Å²) in [5, 5.41) is 28.0. The van der Waals surface area contributed by atoms with Crippen molar-refractivity contribution in [2.75, 3.05) is 12.8 Å². The number of carboxylic acids is 1. The van der Waals surface area contributed by atoms with E-state index in [0.717, 1.165) is 11.8 Å². The molecule has 0 fully saturated rings. The number of allylic oxidation sites excluding steroid dienone is 1. The lowest BCUT2D eigenvalue weighted by Crippen LogP contribution is -2.21. The zero-order chi connectivity index (χ0) is 10.3. The van der Waals surface area contributed by atoms with E-state index in [-0.39, 0.29) is 17.1 Å². The monoisotopic (exact) mass is 197 g/mol. The second-order valence-electron chi connectivity index (χ2n) is 1.88. The molecule has 0 radical (unpaired) electrons. The van der Waals surface area contributed by atoms with E-state index in [9.17, 15) is 4.79 Å². The van der Waals surface area contributed by atoms with Crippen LogP contribution in [0.15, 0.2) is 10.6 Å². The minimum absolute atomic E-state index is 0.103. The summed E-state index contributed by atoms with van der Waals surface area (Å²) in [4.78, 5) is 10.2. The third-order valence-corrected chi connectivity index (χ3v) is 1.81. The van der Waals surface area contributed by atoms with Crippen LogP contribution in [0, 0.1) is 22.7 Å².